The van der Waals surface area contributed by atoms with Crippen LogP contribution in [0.5, 0.6) is 0 Å². The Hall–Kier alpha value is -0.960. The van der Waals surface area contributed by atoms with Gasteiger partial charge in [-0.25, -0.2) is 0 Å². The van der Waals surface area contributed by atoms with Crippen LogP contribution in [-0.4, -0.2) is 15.1 Å². The van der Waals surface area contributed by atoms with E-state index in [1.54, 1.807) is 18.6 Å². The largest absolute Gasteiger partial charge is 0.383 e. The van der Waals surface area contributed by atoms with Gasteiger partial charge in [0.1, 0.15) is 5.60 Å². The highest BCUT2D eigenvalue weighted by Gasteiger charge is 2.52. The molecule has 0 saturated heterocycles. The van der Waals surface area contributed by atoms with Gasteiger partial charge in [0.05, 0.1) is 11.9 Å². The summed E-state index contributed by atoms with van der Waals surface area (Å²) in [7, 11) is 0. The summed E-state index contributed by atoms with van der Waals surface area (Å²) in [5, 5.41) is 9.77. The number of aliphatic hydroxyl groups is 1. The first-order valence-corrected chi connectivity index (χ1v) is 3.72. The number of hydrogen-bond donors (Lipinski definition) is 1. The third-order valence-electron chi connectivity index (χ3n) is 2.28. The molecule has 0 amide bonds. The van der Waals surface area contributed by atoms with Gasteiger partial charge in [-0.3, -0.25) is 9.97 Å². The second kappa shape index (κ2) is 2.01. The minimum atomic E-state index is -0.672. The predicted octanol–water partition coefficient (Wildman–Crippen LogP) is 0.704. The zero-order valence-corrected chi connectivity index (χ0v) is 6.36. The maximum absolute atomic E-state index is 9.77. The van der Waals surface area contributed by atoms with Crippen molar-refractivity contribution in [1.82, 2.24) is 9.97 Å². The molecule has 3 heteroatoms. The molecule has 0 bridgehead atoms. The van der Waals surface area contributed by atoms with E-state index in [0.717, 1.165) is 6.42 Å². The van der Waals surface area contributed by atoms with Crippen LogP contribution in [0.3, 0.4) is 0 Å². The minimum absolute atomic E-state index is 0.333. The highest BCUT2D eigenvalue weighted by atomic mass is 16.3. The van der Waals surface area contributed by atoms with E-state index in [9.17, 15) is 5.11 Å². The van der Waals surface area contributed by atoms with Crippen LogP contribution in [0.2, 0.25) is 0 Å². The van der Waals surface area contributed by atoms with E-state index in [1.807, 2.05) is 6.92 Å². The van der Waals surface area contributed by atoms with Gasteiger partial charge in [-0.1, -0.05) is 6.92 Å². The molecular weight excluding hydrogens is 140 g/mol. The monoisotopic (exact) mass is 150 g/mol. The average Bonchev–Trinajstić information content (AvgIpc) is 2.64. The summed E-state index contributed by atoms with van der Waals surface area (Å²) in [6, 6.07) is 0. The highest BCUT2D eigenvalue weighted by Crippen LogP contribution is 2.50. The van der Waals surface area contributed by atoms with Crippen molar-refractivity contribution in [2.75, 3.05) is 0 Å². The van der Waals surface area contributed by atoms with Crippen molar-refractivity contribution in [3.05, 3.63) is 24.3 Å². The summed E-state index contributed by atoms with van der Waals surface area (Å²) < 4.78 is 0. The molecule has 0 aliphatic heterocycles. The fourth-order valence-corrected chi connectivity index (χ4v) is 1.29. The van der Waals surface area contributed by atoms with Crippen molar-refractivity contribution in [3.8, 4) is 0 Å². The fraction of sp³-hybridized carbons (Fsp3) is 0.500. The van der Waals surface area contributed by atoms with Crippen LogP contribution in [0.4, 0.5) is 0 Å². The molecule has 2 rings (SSSR count). The molecular formula is C8H10N2O. The van der Waals surface area contributed by atoms with Gasteiger partial charge in [0.15, 0.2) is 0 Å². The van der Waals surface area contributed by atoms with Crippen molar-refractivity contribution in [3.63, 3.8) is 0 Å². The molecule has 1 aliphatic rings. The molecule has 0 aromatic carbocycles. The quantitative estimate of drug-likeness (QED) is 0.641. The van der Waals surface area contributed by atoms with Crippen LogP contribution in [-0.2, 0) is 5.60 Å². The van der Waals surface area contributed by atoms with Crippen molar-refractivity contribution in [1.29, 1.82) is 0 Å². The van der Waals surface area contributed by atoms with Crippen LogP contribution in [0.1, 0.15) is 19.0 Å². The van der Waals surface area contributed by atoms with E-state index >= 15 is 0 Å². The third-order valence-corrected chi connectivity index (χ3v) is 2.28. The summed E-state index contributed by atoms with van der Waals surface area (Å²) in [6.45, 7) is 2.01. The number of rotatable bonds is 1. The van der Waals surface area contributed by atoms with Gasteiger partial charge >= 0.3 is 0 Å². The Balaban J connectivity index is 2.32. The fourth-order valence-electron chi connectivity index (χ4n) is 1.29. The summed E-state index contributed by atoms with van der Waals surface area (Å²) in [6.07, 6.45) is 5.66. The average molecular weight is 150 g/mol. The molecule has 1 aromatic rings. The van der Waals surface area contributed by atoms with Crippen molar-refractivity contribution >= 4 is 0 Å². The Labute approximate surface area is 65.1 Å². The van der Waals surface area contributed by atoms with Crippen LogP contribution < -0.4 is 0 Å². The van der Waals surface area contributed by atoms with Gasteiger partial charge in [-0.2, -0.15) is 0 Å². The second-order valence-corrected chi connectivity index (χ2v) is 3.12. The molecule has 1 fully saturated rings. The Morgan fingerprint density at radius 3 is 2.82 bits per heavy atom. The Kier molecular flexibility index (Phi) is 1.23. The van der Waals surface area contributed by atoms with Crippen molar-refractivity contribution < 1.29 is 5.11 Å². The van der Waals surface area contributed by atoms with Crippen molar-refractivity contribution in [2.24, 2.45) is 5.92 Å². The molecule has 0 spiro atoms. The molecule has 1 aliphatic carbocycles. The second-order valence-electron chi connectivity index (χ2n) is 3.12. The van der Waals surface area contributed by atoms with E-state index in [2.05, 4.69) is 9.97 Å². The van der Waals surface area contributed by atoms with Gasteiger partial charge in [0.25, 0.3) is 0 Å². The molecule has 2 unspecified atom stereocenters. The maximum atomic E-state index is 9.77. The van der Waals surface area contributed by atoms with Crippen LogP contribution in [0, 0.1) is 5.92 Å². The first-order chi connectivity index (χ1) is 5.23. The van der Waals surface area contributed by atoms with Gasteiger partial charge in [-0.15, -0.1) is 0 Å². The normalized spacial score (nSPS) is 35.3. The van der Waals surface area contributed by atoms with Gasteiger partial charge in [0, 0.05) is 12.4 Å². The van der Waals surface area contributed by atoms with E-state index in [4.69, 9.17) is 0 Å². The molecule has 11 heavy (non-hydrogen) atoms. The zero-order valence-electron chi connectivity index (χ0n) is 6.36. The van der Waals surface area contributed by atoms with E-state index in [-0.39, 0.29) is 0 Å². The molecule has 3 nitrogen and oxygen atoms in total. The maximum Gasteiger partial charge on any atom is 0.111 e. The lowest BCUT2D eigenvalue weighted by Crippen LogP contribution is -2.09. The number of aromatic nitrogens is 2. The highest BCUT2D eigenvalue weighted by molar-refractivity contribution is 5.18. The van der Waals surface area contributed by atoms with E-state index in [0.29, 0.717) is 11.6 Å². The third kappa shape index (κ3) is 0.922. The molecule has 2 atom stereocenters. The number of nitrogens with zero attached hydrogens (tertiary/aromatic N) is 2. The first kappa shape index (κ1) is 6.73. The Morgan fingerprint density at radius 2 is 2.36 bits per heavy atom. The van der Waals surface area contributed by atoms with Crippen LogP contribution in [0.25, 0.3) is 0 Å². The van der Waals surface area contributed by atoms with Crippen molar-refractivity contribution in [2.45, 2.75) is 18.9 Å². The molecule has 0 radical (unpaired) electrons. The smallest absolute Gasteiger partial charge is 0.111 e. The molecule has 1 saturated carbocycles. The minimum Gasteiger partial charge on any atom is -0.383 e. The van der Waals surface area contributed by atoms with Crippen LogP contribution >= 0.6 is 0 Å². The first-order valence-electron chi connectivity index (χ1n) is 3.72. The van der Waals surface area contributed by atoms with Crippen LogP contribution in [0.15, 0.2) is 18.6 Å². The molecule has 58 valence electrons. The zero-order chi connectivity index (χ0) is 7.90. The predicted molar refractivity (Wildman–Crippen MR) is 39.7 cm³/mol. The lowest BCUT2D eigenvalue weighted by atomic mass is 10.2. The Bertz CT molecular complexity index is 262. The molecule has 1 heterocycles. The SMILES string of the molecule is CC1CC1(O)c1cnccn1. The summed E-state index contributed by atoms with van der Waals surface area (Å²) in [4.78, 5) is 7.95. The summed E-state index contributed by atoms with van der Waals surface area (Å²) >= 11 is 0. The lowest BCUT2D eigenvalue weighted by Gasteiger charge is -2.05. The summed E-state index contributed by atoms with van der Waals surface area (Å²) in [5.41, 5.74) is 0.0290. The van der Waals surface area contributed by atoms with Gasteiger partial charge < -0.3 is 5.11 Å². The van der Waals surface area contributed by atoms with E-state index in [1.165, 1.54) is 0 Å². The molecule has 1 N–H and O–H groups in total. The lowest BCUT2D eigenvalue weighted by molar-refractivity contribution is 0.129. The van der Waals surface area contributed by atoms with E-state index < -0.39 is 5.60 Å². The Morgan fingerprint density at radius 1 is 1.64 bits per heavy atom. The number of hydrogen-bond acceptors (Lipinski definition) is 3. The standard InChI is InChI=1S/C8H10N2O/c1-6-4-8(6,11)7-5-9-2-3-10-7/h2-3,5-6,11H,4H2,1H3. The summed E-state index contributed by atoms with van der Waals surface area (Å²) in [5.74, 6) is 0.333. The van der Waals surface area contributed by atoms with Gasteiger partial charge in [0.2, 0.25) is 0 Å². The van der Waals surface area contributed by atoms with Gasteiger partial charge in [-0.05, 0) is 12.3 Å². The topological polar surface area (TPSA) is 46.0 Å². The molecule has 1 aromatic heterocycles.